The zero-order chi connectivity index (χ0) is 31.1. The topological polar surface area (TPSA) is 252 Å². The van der Waals surface area contributed by atoms with Gasteiger partial charge in [-0.2, -0.15) is 31.3 Å². The second-order valence-electron chi connectivity index (χ2n) is 8.67. The Morgan fingerprint density at radius 3 is 0.833 bits per heavy atom. The smallest absolute Gasteiger partial charge is 0.247 e. The molecule has 0 amide bonds. The second-order valence-corrected chi connectivity index (χ2v) is 8.67. The van der Waals surface area contributed by atoms with Crippen LogP contribution < -0.4 is 34.1 Å². The second kappa shape index (κ2) is 16.5. The van der Waals surface area contributed by atoms with Crippen molar-refractivity contribution in [1.82, 2.24) is 27.4 Å². The molecule has 0 saturated carbocycles. The Morgan fingerprint density at radius 2 is 0.619 bits per heavy atom. The molecule has 18 heteroatoms. The predicted octanol–water partition coefficient (Wildman–Crippen LogP) is -1.76. The quantitative estimate of drug-likeness (QED) is 0.160. The molecule has 0 atom stereocenters. The summed E-state index contributed by atoms with van der Waals surface area (Å²) in [6.07, 6.45) is -0.108. The number of aromatic nitrogens is 6. The molecule has 220 valence electrons. The Balaban J connectivity index is 2.09. The minimum absolute atomic E-state index is 0.0986. The van der Waals surface area contributed by atoms with Gasteiger partial charge in [0.15, 0.2) is 0 Å². The number of rotatable bonds is 16. The molecule has 0 aliphatic carbocycles. The van der Waals surface area contributed by atoms with Crippen LogP contribution >= 0.6 is 0 Å². The molecule has 0 fully saturated rings. The van der Waals surface area contributed by atoms with E-state index in [1.54, 1.807) is 0 Å². The molecule has 0 unspecified atom stereocenters. The van der Waals surface area contributed by atoms with Gasteiger partial charge < -0.3 is 0 Å². The molecule has 2 rings (SSSR count). The lowest BCUT2D eigenvalue weighted by molar-refractivity contribution is 0.440. The molecule has 2 aromatic rings. The fourth-order valence-electron chi connectivity index (χ4n) is 3.90. The van der Waals surface area contributed by atoms with Crippen LogP contribution in [0.15, 0.2) is 39.0 Å². The minimum Gasteiger partial charge on any atom is -0.247 e. The standard InChI is InChI=1S/C24H28N12O6/c25-7-1-13-31-19(37)32(14-2-8-26)22(40)35(21(31)39)17-5-11-29-30-12-6-18-36-23(41)33(15-3-9-27)20(38)34(24(36)42)16-4-10-28/h1-6,11-18H2. The molecule has 0 N–H and O–H groups in total. The Morgan fingerprint density at radius 1 is 0.405 bits per heavy atom. The third kappa shape index (κ3) is 7.96. The fraction of sp³-hybridized carbons (Fsp3) is 0.583. The molecular formula is C24H28N12O6. The molecule has 2 aromatic heterocycles. The molecule has 42 heavy (non-hydrogen) atoms. The summed E-state index contributed by atoms with van der Waals surface area (Å²) in [6.45, 7) is -0.823. The number of nitrogens with zero attached hydrogens (tertiary/aromatic N) is 12. The molecular weight excluding hydrogens is 552 g/mol. The zero-order valence-electron chi connectivity index (χ0n) is 22.7. The van der Waals surface area contributed by atoms with E-state index in [2.05, 4.69) is 10.2 Å². The van der Waals surface area contributed by atoms with Crippen LogP contribution in [0.5, 0.6) is 0 Å². The van der Waals surface area contributed by atoms with Gasteiger partial charge in [0.1, 0.15) is 0 Å². The van der Waals surface area contributed by atoms with E-state index in [9.17, 15) is 28.8 Å². The first kappa shape index (κ1) is 32.6. The fourth-order valence-corrected chi connectivity index (χ4v) is 3.90. The first-order valence-corrected chi connectivity index (χ1v) is 12.9. The highest BCUT2D eigenvalue weighted by Gasteiger charge is 2.16. The van der Waals surface area contributed by atoms with Crippen molar-refractivity contribution < 1.29 is 0 Å². The summed E-state index contributed by atoms with van der Waals surface area (Å²) in [4.78, 5) is 75.8. The van der Waals surface area contributed by atoms with E-state index in [4.69, 9.17) is 21.0 Å². The Hall–Kier alpha value is -5.62. The lowest BCUT2D eigenvalue weighted by atomic mass is 10.4. The van der Waals surface area contributed by atoms with Crippen LogP contribution in [-0.2, 0) is 39.3 Å². The van der Waals surface area contributed by atoms with E-state index < -0.39 is 34.1 Å². The molecule has 0 aliphatic heterocycles. The normalized spacial score (nSPS) is 10.7. The summed E-state index contributed by atoms with van der Waals surface area (Å²) < 4.78 is 4.81. The van der Waals surface area contributed by atoms with Crippen molar-refractivity contribution in [3.63, 3.8) is 0 Å². The van der Waals surface area contributed by atoms with E-state index in [-0.39, 0.29) is 90.9 Å². The van der Waals surface area contributed by atoms with Crippen LogP contribution in [0, 0.1) is 45.3 Å². The van der Waals surface area contributed by atoms with Gasteiger partial charge in [0.25, 0.3) is 0 Å². The molecule has 0 saturated heterocycles. The van der Waals surface area contributed by atoms with Gasteiger partial charge in [0, 0.05) is 39.3 Å². The van der Waals surface area contributed by atoms with Gasteiger partial charge in [-0.1, -0.05) is 0 Å². The summed E-state index contributed by atoms with van der Waals surface area (Å²) >= 11 is 0. The van der Waals surface area contributed by atoms with Crippen molar-refractivity contribution >= 4 is 0 Å². The minimum atomic E-state index is -0.886. The van der Waals surface area contributed by atoms with Crippen LogP contribution in [0.4, 0.5) is 0 Å². The molecule has 0 aliphatic rings. The zero-order valence-corrected chi connectivity index (χ0v) is 22.7. The molecule has 2 heterocycles. The van der Waals surface area contributed by atoms with Crippen LogP contribution in [-0.4, -0.2) is 40.5 Å². The van der Waals surface area contributed by atoms with Gasteiger partial charge in [-0.15, -0.1) is 0 Å². The van der Waals surface area contributed by atoms with Crippen LogP contribution in [0.3, 0.4) is 0 Å². The Labute approximate surface area is 237 Å². The number of hydrogen-bond donors (Lipinski definition) is 0. The highest BCUT2D eigenvalue weighted by molar-refractivity contribution is 4.84. The van der Waals surface area contributed by atoms with Crippen molar-refractivity contribution in [2.75, 3.05) is 13.1 Å². The summed E-state index contributed by atoms with van der Waals surface area (Å²) in [5.41, 5.74) is -5.25. The summed E-state index contributed by atoms with van der Waals surface area (Å²) in [6, 6.07) is 7.33. The van der Waals surface area contributed by atoms with Gasteiger partial charge in [-0.3, -0.25) is 0 Å². The van der Waals surface area contributed by atoms with Gasteiger partial charge >= 0.3 is 34.1 Å². The van der Waals surface area contributed by atoms with Crippen molar-refractivity contribution in [3.05, 3.63) is 62.9 Å². The first-order chi connectivity index (χ1) is 20.2. The number of azo groups is 1. The Bertz CT molecular complexity index is 1580. The molecule has 0 bridgehead atoms. The van der Waals surface area contributed by atoms with Crippen molar-refractivity contribution in [2.45, 2.75) is 77.8 Å². The summed E-state index contributed by atoms with van der Waals surface area (Å²) in [5, 5.41) is 43.2. The van der Waals surface area contributed by atoms with Gasteiger partial charge in [0.2, 0.25) is 0 Å². The maximum Gasteiger partial charge on any atom is 0.336 e. The lowest BCUT2D eigenvalue weighted by Gasteiger charge is -2.12. The maximum absolute atomic E-state index is 12.7. The van der Waals surface area contributed by atoms with Gasteiger partial charge in [-0.05, 0) is 12.8 Å². The molecule has 18 nitrogen and oxygen atoms in total. The highest BCUT2D eigenvalue weighted by Crippen LogP contribution is 1.92. The van der Waals surface area contributed by atoms with Crippen LogP contribution in [0.2, 0.25) is 0 Å². The van der Waals surface area contributed by atoms with E-state index >= 15 is 0 Å². The molecule has 0 radical (unpaired) electrons. The lowest BCUT2D eigenvalue weighted by Crippen LogP contribution is -2.54. The third-order valence-corrected chi connectivity index (χ3v) is 5.94. The van der Waals surface area contributed by atoms with Crippen LogP contribution in [0.25, 0.3) is 0 Å². The van der Waals surface area contributed by atoms with Crippen molar-refractivity contribution in [1.29, 1.82) is 21.0 Å². The SMILES string of the molecule is N#CCCn1c(=O)n(CCC#N)c(=O)n(CCCN=NCCCn2c(=O)n(CCC#N)c(=O)n(CCC#N)c2=O)c1=O. The average Bonchev–Trinajstić information content (AvgIpc) is 2.97. The van der Waals surface area contributed by atoms with E-state index in [0.29, 0.717) is 0 Å². The summed E-state index contributed by atoms with van der Waals surface area (Å²) in [7, 11) is 0. The van der Waals surface area contributed by atoms with Crippen molar-refractivity contribution in [2.24, 2.45) is 10.2 Å². The number of hydrogen-bond acceptors (Lipinski definition) is 12. The van der Waals surface area contributed by atoms with E-state index in [1.165, 1.54) is 0 Å². The maximum atomic E-state index is 12.7. The largest absolute Gasteiger partial charge is 0.336 e. The highest BCUT2D eigenvalue weighted by atomic mass is 16.2. The predicted molar refractivity (Wildman–Crippen MR) is 143 cm³/mol. The monoisotopic (exact) mass is 580 g/mol. The van der Waals surface area contributed by atoms with E-state index in [1.807, 2.05) is 24.3 Å². The van der Waals surface area contributed by atoms with Gasteiger partial charge in [-0.25, -0.2) is 56.2 Å². The molecule has 0 spiro atoms. The van der Waals surface area contributed by atoms with Crippen LogP contribution in [0.1, 0.15) is 38.5 Å². The first-order valence-electron chi connectivity index (χ1n) is 12.9. The van der Waals surface area contributed by atoms with E-state index in [0.717, 1.165) is 27.4 Å². The summed E-state index contributed by atoms with van der Waals surface area (Å²) in [5.74, 6) is 0. The third-order valence-electron chi connectivity index (χ3n) is 5.94. The number of nitriles is 4. The van der Waals surface area contributed by atoms with Crippen molar-refractivity contribution in [3.8, 4) is 24.3 Å². The van der Waals surface area contributed by atoms with Gasteiger partial charge in [0.05, 0.1) is 63.0 Å². The average molecular weight is 581 g/mol. The molecule has 0 aromatic carbocycles. The Kier molecular flexibility index (Phi) is 12.8.